The molecule has 0 aliphatic rings. The number of para-hydroxylation sites is 2. The van der Waals surface area contributed by atoms with Gasteiger partial charge in [-0.3, -0.25) is 13.9 Å². The number of aryl methyl sites for hydroxylation is 1. The molecule has 2 aromatic carbocycles. The van der Waals surface area contributed by atoms with Gasteiger partial charge in [0.15, 0.2) is 0 Å². The number of hydrogen-bond acceptors (Lipinski definition) is 4. The molecule has 0 atom stereocenters. The molecule has 0 saturated carbocycles. The number of benzene rings is 2. The number of hydrogen-bond donors (Lipinski definition) is 1. The molecule has 3 rings (SSSR count). The fraction of sp³-hybridized carbons (Fsp3) is 0.222. The molecule has 0 radical (unpaired) electrons. The van der Waals surface area contributed by atoms with E-state index in [-0.39, 0.29) is 18.1 Å². The summed E-state index contributed by atoms with van der Waals surface area (Å²) in [5, 5.41) is 3.07. The zero-order chi connectivity index (χ0) is 18.8. The van der Waals surface area contributed by atoms with Crippen molar-refractivity contribution < 1.29 is 14.3 Å². The summed E-state index contributed by atoms with van der Waals surface area (Å²) >= 11 is 6.12. The topological polar surface area (TPSA) is 74.5 Å². The van der Waals surface area contributed by atoms with Crippen LogP contribution in [-0.2, 0) is 18.4 Å². The number of nitrogens with one attached hydrogen (secondary N) is 1. The van der Waals surface area contributed by atoms with Gasteiger partial charge in [-0.2, -0.15) is 0 Å². The van der Waals surface area contributed by atoms with Gasteiger partial charge in [0, 0.05) is 13.1 Å². The van der Waals surface area contributed by atoms with Gasteiger partial charge in [0.05, 0.1) is 36.0 Å². The highest BCUT2D eigenvalue weighted by Gasteiger charge is 2.16. The van der Waals surface area contributed by atoms with Crippen LogP contribution >= 0.6 is 11.6 Å². The SMILES string of the molecule is COc1cc(OC)c(NC(=O)Cn2c(=O)n(C)c3ccccc32)cc1Cl. The first-order valence-electron chi connectivity index (χ1n) is 7.82. The van der Waals surface area contributed by atoms with E-state index < -0.39 is 0 Å². The summed E-state index contributed by atoms with van der Waals surface area (Å²) in [6.07, 6.45) is 0. The molecule has 0 aliphatic carbocycles. The molecule has 1 amide bonds. The van der Waals surface area contributed by atoms with Gasteiger partial charge in [-0.25, -0.2) is 4.79 Å². The van der Waals surface area contributed by atoms with Gasteiger partial charge in [-0.05, 0) is 18.2 Å². The Hall–Kier alpha value is -2.93. The summed E-state index contributed by atoms with van der Waals surface area (Å²) in [6.45, 7) is -0.132. The van der Waals surface area contributed by atoms with Gasteiger partial charge in [0.1, 0.15) is 18.0 Å². The molecule has 0 aliphatic heterocycles. The first-order chi connectivity index (χ1) is 12.5. The molecule has 3 aromatic rings. The Balaban J connectivity index is 1.90. The number of carbonyl (C=O) groups excluding carboxylic acids is 1. The third kappa shape index (κ3) is 3.13. The third-order valence-corrected chi connectivity index (χ3v) is 4.40. The number of anilines is 1. The molecule has 136 valence electrons. The van der Waals surface area contributed by atoms with Gasteiger partial charge in [0.2, 0.25) is 5.91 Å². The summed E-state index contributed by atoms with van der Waals surface area (Å²) in [6, 6.07) is 10.4. The van der Waals surface area contributed by atoms with Gasteiger partial charge < -0.3 is 14.8 Å². The van der Waals surface area contributed by atoms with Crippen LogP contribution in [-0.4, -0.2) is 29.3 Å². The minimum absolute atomic E-state index is 0.132. The largest absolute Gasteiger partial charge is 0.495 e. The zero-order valence-corrected chi connectivity index (χ0v) is 15.3. The van der Waals surface area contributed by atoms with Crippen molar-refractivity contribution in [2.75, 3.05) is 19.5 Å². The van der Waals surface area contributed by atoms with Crippen molar-refractivity contribution in [1.29, 1.82) is 0 Å². The molecular formula is C18H18ClN3O4. The van der Waals surface area contributed by atoms with Crippen LogP contribution in [0.1, 0.15) is 0 Å². The van der Waals surface area contributed by atoms with E-state index in [9.17, 15) is 9.59 Å². The second-order valence-electron chi connectivity index (χ2n) is 5.65. The van der Waals surface area contributed by atoms with Crippen LogP contribution in [0.15, 0.2) is 41.2 Å². The highest BCUT2D eigenvalue weighted by molar-refractivity contribution is 6.32. The van der Waals surface area contributed by atoms with Crippen molar-refractivity contribution in [2.24, 2.45) is 7.05 Å². The molecule has 0 bridgehead atoms. The molecule has 0 fully saturated rings. The molecule has 7 nitrogen and oxygen atoms in total. The summed E-state index contributed by atoms with van der Waals surface area (Å²) < 4.78 is 13.3. The summed E-state index contributed by atoms with van der Waals surface area (Å²) in [5.74, 6) is 0.472. The van der Waals surface area contributed by atoms with Crippen molar-refractivity contribution >= 4 is 34.2 Å². The molecule has 0 saturated heterocycles. The van der Waals surface area contributed by atoms with Crippen molar-refractivity contribution in [1.82, 2.24) is 9.13 Å². The summed E-state index contributed by atoms with van der Waals surface area (Å²) in [7, 11) is 4.64. The van der Waals surface area contributed by atoms with E-state index in [0.717, 1.165) is 5.52 Å². The Kier molecular flexibility index (Phi) is 4.90. The van der Waals surface area contributed by atoms with Crippen LogP contribution < -0.4 is 20.5 Å². The average molecular weight is 376 g/mol. The lowest BCUT2D eigenvalue weighted by molar-refractivity contribution is -0.116. The number of aromatic nitrogens is 2. The zero-order valence-electron chi connectivity index (χ0n) is 14.6. The minimum Gasteiger partial charge on any atom is -0.495 e. The van der Waals surface area contributed by atoms with Crippen LogP contribution in [0.5, 0.6) is 11.5 Å². The maximum absolute atomic E-state index is 12.5. The Morgan fingerprint density at radius 3 is 2.42 bits per heavy atom. The number of fused-ring (bicyclic) bond motifs is 1. The monoisotopic (exact) mass is 375 g/mol. The Morgan fingerprint density at radius 2 is 1.77 bits per heavy atom. The lowest BCUT2D eigenvalue weighted by Crippen LogP contribution is -2.28. The van der Waals surface area contributed by atoms with E-state index in [1.54, 1.807) is 25.2 Å². The number of methoxy groups -OCH3 is 2. The van der Waals surface area contributed by atoms with Crippen LogP contribution in [0.25, 0.3) is 11.0 Å². The van der Waals surface area contributed by atoms with Crippen molar-refractivity contribution in [2.45, 2.75) is 6.54 Å². The third-order valence-electron chi connectivity index (χ3n) is 4.10. The normalized spacial score (nSPS) is 10.8. The van der Waals surface area contributed by atoms with E-state index >= 15 is 0 Å². The number of carbonyl (C=O) groups is 1. The number of rotatable bonds is 5. The molecule has 0 spiro atoms. The molecular weight excluding hydrogens is 358 g/mol. The fourth-order valence-corrected chi connectivity index (χ4v) is 3.05. The van der Waals surface area contributed by atoms with Gasteiger partial charge in [0.25, 0.3) is 0 Å². The second kappa shape index (κ2) is 7.13. The number of ether oxygens (including phenoxy) is 2. The van der Waals surface area contributed by atoms with E-state index in [2.05, 4.69) is 5.32 Å². The number of imidazole rings is 1. The van der Waals surface area contributed by atoms with Crippen LogP contribution in [0.2, 0.25) is 5.02 Å². The molecule has 1 aromatic heterocycles. The molecule has 1 N–H and O–H groups in total. The lowest BCUT2D eigenvalue weighted by Gasteiger charge is -2.13. The maximum atomic E-state index is 12.5. The van der Waals surface area contributed by atoms with Gasteiger partial charge in [-0.1, -0.05) is 23.7 Å². The summed E-state index contributed by atoms with van der Waals surface area (Å²) in [4.78, 5) is 24.9. The number of halogens is 1. The predicted octanol–water partition coefficient (Wildman–Crippen LogP) is 2.65. The highest BCUT2D eigenvalue weighted by Crippen LogP contribution is 2.35. The lowest BCUT2D eigenvalue weighted by atomic mass is 10.2. The maximum Gasteiger partial charge on any atom is 0.329 e. The highest BCUT2D eigenvalue weighted by atomic mass is 35.5. The average Bonchev–Trinajstić information content (AvgIpc) is 2.87. The van der Waals surface area contributed by atoms with Crippen molar-refractivity contribution in [3.8, 4) is 11.5 Å². The standard InChI is InChI=1S/C18H18ClN3O4/c1-21-13-6-4-5-7-14(13)22(18(21)24)10-17(23)20-12-8-11(19)15(25-2)9-16(12)26-3/h4-9H,10H2,1-3H3,(H,20,23). The van der Waals surface area contributed by atoms with Crippen LogP contribution in [0, 0.1) is 0 Å². The first-order valence-corrected chi connectivity index (χ1v) is 8.19. The Bertz CT molecular complexity index is 1040. The number of nitrogens with zero attached hydrogens (tertiary/aromatic N) is 2. The molecule has 0 unspecified atom stereocenters. The van der Waals surface area contributed by atoms with E-state index in [1.165, 1.54) is 23.4 Å². The van der Waals surface area contributed by atoms with Crippen molar-refractivity contribution in [3.05, 3.63) is 51.9 Å². The molecule has 8 heteroatoms. The number of amides is 1. The van der Waals surface area contributed by atoms with Gasteiger partial charge in [-0.15, -0.1) is 0 Å². The van der Waals surface area contributed by atoms with Crippen LogP contribution in [0.4, 0.5) is 5.69 Å². The predicted molar refractivity (Wildman–Crippen MR) is 100 cm³/mol. The summed E-state index contributed by atoms with van der Waals surface area (Å²) in [5.41, 5.74) is 1.59. The van der Waals surface area contributed by atoms with E-state index in [4.69, 9.17) is 21.1 Å². The smallest absolute Gasteiger partial charge is 0.329 e. The van der Waals surface area contributed by atoms with Gasteiger partial charge >= 0.3 is 5.69 Å². The van der Waals surface area contributed by atoms with E-state index in [0.29, 0.717) is 27.7 Å². The molecule has 26 heavy (non-hydrogen) atoms. The quantitative estimate of drug-likeness (QED) is 0.744. The minimum atomic E-state index is -0.372. The second-order valence-corrected chi connectivity index (χ2v) is 6.06. The van der Waals surface area contributed by atoms with E-state index in [1.807, 2.05) is 18.2 Å². The molecule has 1 heterocycles. The fourth-order valence-electron chi connectivity index (χ4n) is 2.81. The van der Waals surface area contributed by atoms with Crippen molar-refractivity contribution in [3.63, 3.8) is 0 Å². The Morgan fingerprint density at radius 1 is 1.12 bits per heavy atom. The van der Waals surface area contributed by atoms with Crippen LogP contribution in [0.3, 0.4) is 0 Å². The Labute approximate surface area is 154 Å². The first kappa shape index (κ1) is 17.9.